The molecule has 2 heterocycles. The monoisotopic (exact) mass is 311 g/mol. The predicted molar refractivity (Wildman–Crippen MR) is 79.4 cm³/mol. The first-order valence-corrected chi connectivity index (χ1v) is 8.15. The van der Waals surface area contributed by atoms with Crippen LogP contribution in [-0.2, 0) is 11.2 Å². The zero-order valence-electron chi connectivity index (χ0n) is 12.5. The molecule has 0 spiro atoms. The third-order valence-electron chi connectivity index (χ3n) is 4.13. The molecule has 21 heavy (non-hydrogen) atoms. The number of hydrogen-bond acceptors (Lipinski definition) is 5. The van der Waals surface area contributed by atoms with Crippen LogP contribution in [0.25, 0.3) is 0 Å². The number of amides is 1. The summed E-state index contributed by atoms with van der Waals surface area (Å²) in [6.45, 7) is 4.81. The number of aliphatic carboxylic acids is 1. The average Bonchev–Trinajstić information content (AvgIpc) is 2.95. The van der Waals surface area contributed by atoms with Crippen molar-refractivity contribution in [1.82, 2.24) is 14.5 Å². The van der Waals surface area contributed by atoms with Crippen molar-refractivity contribution >= 4 is 23.4 Å². The highest BCUT2D eigenvalue weighted by atomic mass is 32.1. The SMILES string of the molecule is CCCC1(C(=O)O)CCCN(C(=O)c2snnc2CC)C1. The maximum absolute atomic E-state index is 12.6. The molecule has 1 aromatic heterocycles. The third kappa shape index (κ3) is 3.07. The Kier molecular flexibility index (Phi) is 4.92. The Morgan fingerprint density at radius 3 is 2.81 bits per heavy atom. The number of carbonyl (C=O) groups excluding carboxylic acids is 1. The number of aromatic nitrogens is 2. The quantitative estimate of drug-likeness (QED) is 0.901. The Bertz CT molecular complexity index is 527. The van der Waals surface area contributed by atoms with Crippen molar-refractivity contribution in [2.24, 2.45) is 5.41 Å². The summed E-state index contributed by atoms with van der Waals surface area (Å²) in [5, 5.41) is 13.6. The molecule has 6 nitrogen and oxygen atoms in total. The molecule has 0 saturated carbocycles. The topological polar surface area (TPSA) is 83.4 Å². The van der Waals surface area contributed by atoms with Crippen LogP contribution in [0.15, 0.2) is 0 Å². The number of piperidine rings is 1. The summed E-state index contributed by atoms with van der Waals surface area (Å²) < 4.78 is 3.84. The molecule has 1 amide bonds. The van der Waals surface area contributed by atoms with Gasteiger partial charge in [-0.15, -0.1) is 5.10 Å². The van der Waals surface area contributed by atoms with Gasteiger partial charge in [-0.3, -0.25) is 9.59 Å². The van der Waals surface area contributed by atoms with E-state index in [1.807, 2.05) is 13.8 Å². The molecule has 0 aliphatic carbocycles. The van der Waals surface area contributed by atoms with E-state index >= 15 is 0 Å². The zero-order chi connectivity index (χ0) is 15.5. The van der Waals surface area contributed by atoms with E-state index < -0.39 is 11.4 Å². The van der Waals surface area contributed by atoms with Crippen LogP contribution in [-0.4, -0.2) is 44.6 Å². The second-order valence-corrected chi connectivity index (χ2v) is 6.32. The highest BCUT2D eigenvalue weighted by Crippen LogP contribution is 2.35. The minimum atomic E-state index is -0.798. The fourth-order valence-corrected chi connectivity index (χ4v) is 3.73. The number of carboxylic acids is 1. The number of carboxylic acid groups (broad SMARTS) is 1. The zero-order valence-corrected chi connectivity index (χ0v) is 13.3. The van der Waals surface area contributed by atoms with Crippen LogP contribution >= 0.6 is 11.5 Å². The summed E-state index contributed by atoms with van der Waals surface area (Å²) >= 11 is 1.10. The molecule has 1 aromatic rings. The van der Waals surface area contributed by atoms with Crippen molar-refractivity contribution in [3.63, 3.8) is 0 Å². The van der Waals surface area contributed by atoms with E-state index in [1.165, 1.54) is 0 Å². The van der Waals surface area contributed by atoms with E-state index in [9.17, 15) is 14.7 Å². The van der Waals surface area contributed by atoms with Gasteiger partial charge in [-0.2, -0.15) is 0 Å². The van der Waals surface area contributed by atoms with Gasteiger partial charge in [0.15, 0.2) is 0 Å². The summed E-state index contributed by atoms with van der Waals surface area (Å²) in [7, 11) is 0. The van der Waals surface area contributed by atoms with Crippen LogP contribution < -0.4 is 0 Å². The third-order valence-corrected chi connectivity index (χ3v) is 4.89. The first kappa shape index (κ1) is 15.9. The molecule has 1 atom stereocenters. The maximum Gasteiger partial charge on any atom is 0.311 e. The molecule has 1 N–H and O–H groups in total. The van der Waals surface area contributed by atoms with Gasteiger partial charge in [0.1, 0.15) is 4.88 Å². The first-order chi connectivity index (χ1) is 10.0. The number of rotatable bonds is 5. The van der Waals surface area contributed by atoms with Crippen molar-refractivity contribution in [3.8, 4) is 0 Å². The number of likely N-dealkylation sites (tertiary alicyclic amines) is 1. The summed E-state index contributed by atoms with van der Waals surface area (Å²) in [6, 6.07) is 0. The standard InChI is InChI=1S/C14H21N3O3S/c1-3-6-14(13(19)20)7-5-8-17(9-14)12(18)11-10(4-2)15-16-21-11/h3-9H2,1-2H3,(H,19,20). The van der Waals surface area contributed by atoms with Gasteiger partial charge in [0, 0.05) is 13.1 Å². The van der Waals surface area contributed by atoms with E-state index in [0.717, 1.165) is 24.4 Å². The smallest absolute Gasteiger partial charge is 0.311 e. The predicted octanol–water partition coefficient (Wildman–Crippen LogP) is 2.21. The van der Waals surface area contributed by atoms with E-state index in [0.29, 0.717) is 36.4 Å². The summed E-state index contributed by atoms with van der Waals surface area (Å²) in [4.78, 5) is 26.5. The van der Waals surface area contributed by atoms with Crippen molar-refractivity contribution in [3.05, 3.63) is 10.6 Å². The number of aryl methyl sites for hydroxylation is 1. The van der Waals surface area contributed by atoms with Crippen molar-refractivity contribution in [2.45, 2.75) is 46.0 Å². The lowest BCUT2D eigenvalue weighted by molar-refractivity contribution is -0.152. The van der Waals surface area contributed by atoms with Crippen LogP contribution in [0, 0.1) is 5.41 Å². The van der Waals surface area contributed by atoms with Crippen LogP contribution in [0.3, 0.4) is 0 Å². The lowest BCUT2D eigenvalue weighted by atomic mass is 9.76. The Hall–Kier alpha value is -1.50. The van der Waals surface area contributed by atoms with Crippen LogP contribution in [0.1, 0.15) is 54.9 Å². The lowest BCUT2D eigenvalue weighted by Gasteiger charge is -2.39. The molecule has 7 heteroatoms. The second kappa shape index (κ2) is 6.51. The number of nitrogens with zero attached hydrogens (tertiary/aromatic N) is 3. The van der Waals surface area contributed by atoms with Crippen LogP contribution in [0.5, 0.6) is 0 Å². The largest absolute Gasteiger partial charge is 0.481 e. The Morgan fingerprint density at radius 1 is 1.43 bits per heavy atom. The van der Waals surface area contributed by atoms with Gasteiger partial charge < -0.3 is 10.0 Å². The molecule has 116 valence electrons. The highest BCUT2D eigenvalue weighted by molar-refractivity contribution is 7.08. The van der Waals surface area contributed by atoms with E-state index in [1.54, 1.807) is 4.90 Å². The molecule has 0 bridgehead atoms. The van der Waals surface area contributed by atoms with Crippen molar-refractivity contribution < 1.29 is 14.7 Å². The molecule has 0 aromatic carbocycles. The van der Waals surface area contributed by atoms with Gasteiger partial charge >= 0.3 is 5.97 Å². The highest BCUT2D eigenvalue weighted by Gasteiger charge is 2.43. The van der Waals surface area contributed by atoms with Crippen LogP contribution in [0.4, 0.5) is 0 Å². The minimum Gasteiger partial charge on any atom is -0.481 e. The van der Waals surface area contributed by atoms with E-state index in [2.05, 4.69) is 9.59 Å². The molecule has 1 fully saturated rings. The summed E-state index contributed by atoms with van der Waals surface area (Å²) in [5.74, 6) is -0.914. The molecular weight excluding hydrogens is 290 g/mol. The molecular formula is C14H21N3O3S. The maximum atomic E-state index is 12.6. The lowest BCUT2D eigenvalue weighted by Crippen LogP contribution is -2.49. The molecule has 1 unspecified atom stereocenters. The van der Waals surface area contributed by atoms with E-state index in [4.69, 9.17) is 0 Å². The average molecular weight is 311 g/mol. The Morgan fingerprint density at radius 2 is 2.19 bits per heavy atom. The molecule has 1 saturated heterocycles. The summed E-state index contributed by atoms with van der Waals surface area (Å²) in [6.07, 6.45) is 3.43. The molecule has 1 aliphatic heterocycles. The van der Waals surface area contributed by atoms with Gasteiger partial charge in [0.2, 0.25) is 0 Å². The number of carbonyl (C=O) groups is 2. The van der Waals surface area contributed by atoms with Gasteiger partial charge in [-0.1, -0.05) is 24.8 Å². The molecule has 2 rings (SSSR count). The Labute approximate surface area is 128 Å². The van der Waals surface area contributed by atoms with Gasteiger partial charge in [-0.05, 0) is 37.2 Å². The van der Waals surface area contributed by atoms with Crippen LogP contribution in [0.2, 0.25) is 0 Å². The molecule has 0 radical (unpaired) electrons. The van der Waals surface area contributed by atoms with E-state index in [-0.39, 0.29) is 12.5 Å². The van der Waals surface area contributed by atoms with Gasteiger partial charge in [0.05, 0.1) is 11.1 Å². The fraction of sp³-hybridized carbons (Fsp3) is 0.714. The minimum absolute atomic E-state index is 0.122. The van der Waals surface area contributed by atoms with Gasteiger partial charge in [0.25, 0.3) is 5.91 Å². The number of hydrogen-bond donors (Lipinski definition) is 1. The Balaban J connectivity index is 2.20. The van der Waals surface area contributed by atoms with Crippen molar-refractivity contribution in [1.29, 1.82) is 0 Å². The molecule has 1 aliphatic rings. The summed E-state index contributed by atoms with van der Waals surface area (Å²) in [5.41, 5.74) is -0.0975. The van der Waals surface area contributed by atoms with Gasteiger partial charge in [-0.25, -0.2) is 0 Å². The van der Waals surface area contributed by atoms with Crippen molar-refractivity contribution in [2.75, 3.05) is 13.1 Å². The normalized spacial score (nSPS) is 22.3. The second-order valence-electron chi connectivity index (χ2n) is 5.57. The first-order valence-electron chi connectivity index (χ1n) is 7.38. The fourth-order valence-electron chi connectivity index (χ4n) is 3.02.